The van der Waals surface area contributed by atoms with Crippen molar-refractivity contribution >= 4 is 18.1 Å². The largest absolute Gasteiger partial charge is 0.357 e. The predicted molar refractivity (Wildman–Crippen MR) is 114 cm³/mol. The summed E-state index contributed by atoms with van der Waals surface area (Å²) < 4.78 is 0. The normalized spacial score (nSPS) is 14.0. The van der Waals surface area contributed by atoms with Gasteiger partial charge in [-0.15, -0.1) is 0 Å². The predicted octanol–water partition coefficient (Wildman–Crippen LogP) is 2.68. The molecule has 1 fully saturated rings. The Morgan fingerprint density at radius 3 is 2.28 bits per heavy atom. The SMILES string of the molecule is CCCN(CCC)c1cc(C(=O)N2CCN(C=O)CC2)nc(-c2ccccc2)n1. The van der Waals surface area contributed by atoms with Crippen LogP contribution < -0.4 is 4.90 Å². The molecule has 1 aromatic carbocycles. The molecule has 7 nitrogen and oxygen atoms in total. The molecule has 1 aliphatic heterocycles. The summed E-state index contributed by atoms with van der Waals surface area (Å²) in [5, 5.41) is 0. The van der Waals surface area contributed by atoms with Crippen molar-refractivity contribution in [3.63, 3.8) is 0 Å². The van der Waals surface area contributed by atoms with Gasteiger partial charge in [0.2, 0.25) is 6.41 Å². The van der Waals surface area contributed by atoms with E-state index in [0.717, 1.165) is 43.7 Å². The number of nitrogens with zero attached hydrogens (tertiary/aromatic N) is 5. The lowest BCUT2D eigenvalue weighted by atomic mass is 10.2. The molecule has 2 heterocycles. The minimum Gasteiger partial charge on any atom is -0.357 e. The second-order valence-corrected chi connectivity index (χ2v) is 7.22. The van der Waals surface area contributed by atoms with Gasteiger partial charge in [0, 0.05) is 50.9 Å². The Morgan fingerprint density at radius 1 is 1.03 bits per heavy atom. The topological polar surface area (TPSA) is 69.6 Å². The number of aromatic nitrogens is 2. The molecule has 0 atom stereocenters. The van der Waals surface area contributed by atoms with Gasteiger partial charge in [0.25, 0.3) is 5.91 Å². The Labute approximate surface area is 172 Å². The number of hydrogen-bond acceptors (Lipinski definition) is 5. The van der Waals surface area contributed by atoms with Crippen LogP contribution in [0.5, 0.6) is 0 Å². The quantitative estimate of drug-likeness (QED) is 0.643. The van der Waals surface area contributed by atoms with Gasteiger partial charge in [-0.25, -0.2) is 9.97 Å². The van der Waals surface area contributed by atoms with Gasteiger partial charge in [-0.05, 0) is 12.8 Å². The first kappa shape index (κ1) is 20.8. The van der Waals surface area contributed by atoms with Crippen LogP contribution in [0.3, 0.4) is 0 Å². The molecule has 154 valence electrons. The molecule has 3 rings (SSSR count). The highest BCUT2D eigenvalue weighted by Crippen LogP contribution is 2.22. The summed E-state index contributed by atoms with van der Waals surface area (Å²) in [5.74, 6) is 1.25. The van der Waals surface area contributed by atoms with Crippen molar-refractivity contribution in [3.8, 4) is 11.4 Å². The lowest BCUT2D eigenvalue weighted by Gasteiger charge is -2.32. The summed E-state index contributed by atoms with van der Waals surface area (Å²) in [6.45, 7) is 8.18. The molecule has 1 saturated heterocycles. The first-order chi connectivity index (χ1) is 14.2. The molecule has 1 aromatic heterocycles. The van der Waals surface area contributed by atoms with E-state index in [4.69, 9.17) is 4.98 Å². The van der Waals surface area contributed by atoms with Crippen LogP contribution in [0.1, 0.15) is 37.2 Å². The van der Waals surface area contributed by atoms with E-state index in [-0.39, 0.29) is 5.91 Å². The number of amides is 2. The zero-order chi connectivity index (χ0) is 20.6. The third kappa shape index (κ3) is 5.10. The number of hydrogen-bond donors (Lipinski definition) is 0. The zero-order valence-corrected chi connectivity index (χ0v) is 17.3. The molecule has 7 heteroatoms. The first-order valence-electron chi connectivity index (χ1n) is 10.3. The molecular weight excluding hydrogens is 366 g/mol. The van der Waals surface area contributed by atoms with Crippen LogP contribution in [0.4, 0.5) is 5.82 Å². The Hall–Kier alpha value is -2.96. The summed E-state index contributed by atoms with van der Waals surface area (Å²) >= 11 is 0. The minimum absolute atomic E-state index is 0.107. The van der Waals surface area contributed by atoms with Crippen LogP contribution in [0.25, 0.3) is 11.4 Å². The van der Waals surface area contributed by atoms with Crippen molar-refractivity contribution in [2.45, 2.75) is 26.7 Å². The van der Waals surface area contributed by atoms with E-state index >= 15 is 0 Å². The molecule has 0 spiro atoms. The Morgan fingerprint density at radius 2 is 1.69 bits per heavy atom. The van der Waals surface area contributed by atoms with E-state index in [9.17, 15) is 9.59 Å². The van der Waals surface area contributed by atoms with Gasteiger partial charge < -0.3 is 14.7 Å². The molecular formula is C22H29N5O2. The van der Waals surface area contributed by atoms with E-state index in [2.05, 4.69) is 23.7 Å². The van der Waals surface area contributed by atoms with Crippen LogP contribution in [0.15, 0.2) is 36.4 Å². The van der Waals surface area contributed by atoms with Crippen molar-refractivity contribution in [1.29, 1.82) is 0 Å². The third-order valence-corrected chi connectivity index (χ3v) is 5.03. The maximum Gasteiger partial charge on any atom is 0.272 e. The summed E-state index contributed by atoms with van der Waals surface area (Å²) in [5.41, 5.74) is 1.30. The van der Waals surface area contributed by atoms with E-state index < -0.39 is 0 Å². The van der Waals surface area contributed by atoms with E-state index in [1.165, 1.54) is 0 Å². The second kappa shape index (κ2) is 10.0. The fourth-order valence-electron chi connectivity index (χ4n) is 3.50. The number of piperazine rings is 1. The summed E-state index contributed by atoms with van der Waals surface area (Å²) in [6, 6.07) is 11.6. The number of rotatable bonds is 8. The van der Waals surface area contributed by atoms with Gasteiger partial charge in [-0.3, -0.25) is 9.59 Å². The zero-order valence-electron chi connectivity index (χ0n) is 17.3. The summed E-state index contributed by atoms with van der Waals surface area (Å²) in [7, 11) is 0. The number of anilines is 1. The molecule has 0 saturated carbocycles. The fourth-order valence-corrected chi connectivity index (χ4v) is 3.50. The number of carbonyl (C=O) groups excluding carboxylic acids is 2. The molecule has 2 amide bonds. The van der Waals surface area contributed by atoms with Crippen LogP contribution in [-0.2, 0) is 4.79 Å². The fraction of sp³-hybridized carbons (Fsp3) is 0.455. The van der Waals surface area contributed by atoms with Crippen molar-refractivity contribution in [2.75, 3.05) is 44.2 Å². The van der Waals surface area contributed by atoms with Gasteiger partial charge in [-0.2, -0.15) is 0 Å². The first-order valence-corrected chi connectivity index (χ1v) is 10.3. The van der Waals surface area contributed by atoms with Crippen molar-refractivity contribution in [1.82, 2.24) is 19.8 Å². The molecule has 0 aliphatic carbocycles. The van der Waals surface area contributed by atoms with Gasteiger partial charge in [0.05, 0.1) is 0 Å². The Bertz CT molecular complexity index is 813. The molecule has 0 radical (unpaired) electrons. The highest BCUT2D eigenvalue weighted by Gasteiger charge is 2.24. The molecule has 2 aromatic rings. The second-order valence-electron chi connectivity index (χ2n) is 7.22. The van der Waals surface area contributed by atoms with Crippen LogP contribution >= 0.6 is 0 Å². The standard InChI is InChI=1S/C22H29N5O2/c1-3-10-26(11-4-2)20-16-19(22(29)27-14-12-25(17-28)13-15-27)23-21(24-20)18-8-6-5-7-9-18/h5-9,16-17H,3-4,10-15H2,1-2H3. The summed E-state index contributed by atoms with van der Waals surface area (Å²) in [6.07, 6.45) is 2.84. The van der Waals surface area contributed by atoms with Crippen molar-refractivity contribution in [2.24, 2.45) is 0 Å². The van der Waals surface area contributed by atoms with E-state index in [1.807, 2.05) is 36.4 Å². The minimum atomic E-state index is -0.107. The van der Waals surface area contributed by atoms with Crippen LogP contribution in [0.2, 0.25) is 0 Å². The lowest BCUT2D eigenvalue weighted by molar-refractivity contribution is -0.119. The molecule has 0 unspecified atom stereocenters. The monoisotopic (exact) mass is 395 g/mol. The average molecular weight is 396 g/mol. The number of carbonyl (C=O) groups is 2. The third-order valence-electron chi connectivity index (χ3n) is 5.03. The Balaban J connectivity index is 1.95. The smallest absolute Gasteiger partial charge is 0.272 e. The molecule has 0 N–H and O–H groups in total. The summed E-state index contributed by atoms with van der Waals surface area (Å²) in [4.78, 5) is 39.2. The van der Waals surface area contributed by atoms with Crippen molar-refractivity contribution in [3.05, 3.63) is 42.1 Å². The van der Waals surface area contributed by atoms with Crippen LogP contribution in [-0.4, -0.2) is 71.4 Å². The van der Waals surface area contributed by atoms with E-state index in [1.54, 1.807) is 9.80 Å². The molecule has 1 aliphatic rings. The Kier molecular flexibility index (Phi) is 7.16. The lowest BCUT2D eigenvalue weighted by Crippen LogP contribution is -2.48. The van der Waals surface area contributed by atoms with Gasteiger partial charge in [0.1, 0.15) is 11.5 Å². The number of benzene rings is 1. The highest BCUT2D eigenvalue weighted by atomic mass is 16.2. The van der Waals surface area contributed by atoms with Gasteiger partial charge >= 0.3 is 0 Å². The maximum atomic E-state index is 13.2. The van der Waals surface area contributed by atoms with Gasteiger partial charge in [-0.1, -0.05) is 44.2 Å². The highest BCUT2D eigenvalue weighted by molar-refractivity contribution is 5.93. The average Bonchev–Trinajstić information content (AvgIpc) is 2.79. The molecule has 29 heavy (non-hydrogen) atoms. The molecule has 0 bridgehead atoms. The maximum absolute atomic E-state index is 13.2. The van der Waals surface area contributed by atoms with Gasteiger partial charge in [0.15, 0.2) is 5.82 Å². The van der Waals surface area contributed by atoms with E-state index in [0.29, 0.717) is 37.7 Å². The van der Waals surface area contributed by atoms with Crippen molar-refractivity contribution < 1.29 is 9.59 Å². The van der Waals surface area contributed by atoms with Crippen LogP contribution in [0, 0.1) is 0 Å².